The molecule has 0 saturated carbocycles. The van der Waals surface area contributed by atoms with Crippen LogP contribution in [0.5, 0.6) is 0 Å². The predicted octanol–water partition coefficient (Wildman–Crippen LogP) is 3.58. The maximum atomic E-state index is 4.37. The van der Waals surface area contributed by atoms with Crippen molar-refractivity contribution in [2.24, 2.45) is 9.98 Å². The molecule has 0 N–H and O–H groups in total. The molecule has 0 aliphatic carbocycles. The maximum absolute atomic E-state index is 4.37. The molecule has 0 aromatic carbocycles. The van der Waals surface area contributed by atoms with Crippen LogP contribution in [0.15, 0.2) is 33.0 Å². The first-order valence-electron chi connectivity index (χ1n) is 5.15. The Bertz CT molecular complexity index is 285. The van der Waals surface area contributed by atoms with Crippen LogP contribution in [0.2, 0.25) is 0 Å². The molecule has 0 spiro atoms. The van der Waals surface area contributed by atoms with E-state index in [0.29, 0.717) is 13.1 Å². The summed E-state index contributed by atoms with van der Waals surface area (Å²) in [5.74, 6) is 0. The number of rotatable bonds is 7. The lowest BCUT2D eigenvalue weighted by atomic mass is 10.3. The first kappa shape index (κ1) is 15.5. The van der Waals surface area contributed by atoms with Crippen molar-refractivity contribution in [1.29, 1.82) is 0 Å². The Balaban J connectivity index is 3.89. The molecule has 90 valence electrons. The topological polar surface area (TPSA) is 24.7 Å². The van der Waals surface area contributed by atoms with Gasteiger partial charge in [-0.25, -0.2) is 0 Å². The zero-order chi connectivity index (χ0) is 12.6. The van der Waals surface area contributed by atoms with E-state index in [4.69, 9.17) is 0 Å². The second-order valence-electron chi connectivity index (χ2n) is 3.72. The molecule has 0 radical (unpaired) electrons. The molecule has 0 atom stereocenters. The van der Waals surface area contributed by atoms with Gasteiger partial charge >= 0.3 is 0 Å². The van der Waals surface area contributed by atoms with E-state index in [-0.39, 0.29) is 0 Å². The van der Waals surface area contributed by atoms with Crippen LogP contribution in [-0.2, 0) is 0 Å². The first-order valence-corrected chi connectivity index (χ1v) is 6.04. The summed E-state index contributed by atoms with van der Waals surface area (Å²) in [6.07, 6.45) is 1.50. The molecule has 0 aromatic heterocycles. The van der Waals surface area contributed by atoms with Gasteiger partial charge in [0.1, 0.15) is 0 Å². The Morgan fingerprint density at radius 3 is 1.44 bits per heavy atom. The minimum Gasteiger partial charge on any atom is -0.292 e. The molecule has 0 amide bonds. The summed E-state index contributed by atoms with van der Waals surface area (Å²) in [5.41, 5.74) is 2.10. The standard InChI is InChI=1S/C12H20N2S2/c1-9(7-11(3)15)13-5-6-14-10(2)8-12(4)16/h15-16H,3-8H2,1-2H3. The van der Waals surface area contributed by atoms with E-state index in [1.165, 1.54) is 0 Å². The number of nitrogens with zero attached hydrogens (tertiary/aromatic N) is 2. The van der Waals surface area contributed by atoms with Crippen LogP contribution in [-0.4, -0.2) is 24.5 Å². The van der Waals surface area contributed by atoms with Gasteiger partial charge in [0.25, 0.3) is 0 Å². The van der Waals surface area contributed by atoms with E-state index < -0.39 is 0 Å². The van der Waals surface area contributed by atoms with Crippen molar-refractivity contribution >= 4 is 36.7 Å². The average molecular weight is 256 g/mol. The summed E-state index contributed by atoms with van der Waals surface area (Å²) in [6, 6.07) is 0. The highest BCUT2D eigenvalue weighted by molar-refractivity contribution is 7.84. The minimum absolute atomic E-state index is 0.712. The van der Waals surface area contributed by atoms with Crippen molar-refractivity contribution in [1.82, 2.24) is 0 Å². The summed E-state index contributed by atoms with van der Waals surface area (Å²) in [4.78, 5) is 10.4. The smallest absolute Gasteiger partial charge is 0.0584 e. The molecule has 0 aliphatic rings. The molecular weight excluding hydrogens is 236 g/mol. The molecular formula is C12H20N2S2. The van der Waals surface area contributed by atoms with Crippen molar-refractivity contribution in [3.8, 4) is 0 Å². The fourth-order valence-corrected chi connectivity index (χ4v) is 1.64. The monoisotopic (exact) mass is 256 g/mol. The Morgan fingerprint density at radius 2 is 1.19 bits per heavy atom. The van der Waals surface area contributed by atoms with Gasteiger partial charge in [-0.15, -0.1) is 25.3 Å². The summed E-state index contributed by atoms with van der Waals surface area (Å²) in [5, 5.41) is 0. The van der Waals surface area contributed by atoms with Crippen molar-refractivity contribution in [2.75, 3.05) is 13.1 Å². The summed E-state index contributed by atoms with van der Waals surface area (Å²) >= 11 is 8.26. The van der Waals surface area contributed by atoms with Crippen LogP contribution in [0.4, 0.5) is 0 Å². The van der Waals surface area contributed by atoms with Gasteiger partial charge in [-0.2, -0.15) is 0 Å². The second-order valence-corrected chi connectivity index (χ2v) is 4.98. The molecule has 16 heavy (non-hydrogen) atoms. The Hall–Kier alpha value is -0.480. The van der Waals surface area contributed by atoms with Crippen LogP contribution in [0, 0.1) is 0 Å². The Labute approximate surface area is 109 Å². The quantitative estimate of drug-likeness (QED) is 0.395. The summed E-state index contributed by atoms with van der Waals surface area (Å²) < 4.78 is 0. The zero-order valence-electron chi connectivity index (χ0n) is 10.0. The fraction of sp³-hybridized carbons (Fsp3) is 0.500. The predicted molar refractivity (Wildman–Crippen MR) is 81.4 cm³/mol. The van der Waals surface area contributed by atoms with Gasteiger partial charge in [-0.3, -0.25) is 9.98 Å². The third-order valence-electron chi connectivity index (χ3n) is 1.78. The molecule has 0 aromatic rings. The van der Waals surface area contributed by atoms with E-state index in [0.717, 1.165) is 34.1 Å². The molecule has 0 fully saturated rings. The highest BCUT2D eigenvalue weighted by Gasteiger charge is 1.93. The molecule has 4 heteroatoms. The van der Waals surface area contributed by atoms with Crippen molar-refractivity contribution in [2.45, 2.75) is 26.7 Å². The lowest BCUT2D eigenvalue weighted by Gasteiger charge is -2.00. The van der Waals surface area contributed by atoms with Crippen LogP contribution in [0.25, 0.3) is 0 Å². The van der Waals surface area contributed by atoms with Gasteiger partial charge in [0, 0.05) is 24.3 Å². The normalized spacial score (nSPS) is 12.8. The number of hydrogen-bond acceptors (Lipinski definition) is 4. The Morgan fingerprint density at radius 1 is 0.875 bits per heavy atom. The van der Waals surface area contributed by atoms with Gasteiger partial charge < -0.3 is 0 Å². The van der Waals surface area contributed by atoms with Gasteiger partial charge in [0.05, 0.1) is 13.1 Å². The third kappa shape index (κ3) is 10.1. The van der Waals surface area contributed by atoms with E-state index >= 15 is 0 Å². The maximum Gasteiger partial charge on any atom is 0.0584 e. The average Bonchev–Trinajstić information content (AvgIpc) is 2.10. The highest BCUT2D eigenvalue weighted by atomic mass is 32.1. The molecule has 0 aliphatic heterocycles. The molecule has 0 unspecified atom stereocenters. The first-order chi connectivity index (χ1) is 7.41. The van der Waals surface area contributed by atoms with Crippen LogP contribution in [0.1, 0.15) is 26.7 Å². The lowest BCUT2D eigenvalue weighted by Crippen LogP contribution is -1.98. The van der Waals surface area contributed by atoms with Crippen LogP contribution in [0.3, 0.4) is 0 Å². The molecule has 0 bridgehead atoms. The number of aliphatic imine (C=N–C) groups is 2. The minimum atomic E-state index is 0.712. The number of hydrogen-bond donors (Lipinski definition) is 2. The SMILES string of the molecule is C=C(S)CC(C)=NCCN=C(C)CC(=C)S. The largest absolute Gasteiger partial charge is 0.292 e. The van der Waals surface area contributed by atoms with Gasteiger partial charge in [-0.1, -0.05) is 13.2 Å². The second kappa shape index (κ2) is 8.65. The summed E-state index contributed by atoms with van der Waals surface area (Å²) in [6.45, 7) is 12.8. The van der Waals surface area contributed by atoms with Gasteiger partial charge in [0.15, 0.2) is 0 Å². The molecule has 2 nitrogen and oxygen atoms in total. The molecule has 0 saturated heterocycles. The Kier molecular flexibility index (Phi) is 8.39. The van der Waals surface area contributed by atoms with Crippen molar-refractivity contribution in [3.05, 3.63) is 23.0 Å². The fourth-order valence-electron chi connectivity index (χ4n) is 1.18. The number of allylic oxidation sites excluding steroid dienone is 2. The lowest BCUT2D eigenvalue weighted by molar-refractivity contribution is 0.963. The van der Waals surface area contributed by atoms with Crippen LogP contribution < -0.4 is 0 Å². The van der Waals surface area contributed by atoms with E-state index in [1.54, 1.807) is 0 Å². The van der Waals surface area contributed by atoms with Crippen molar-refractivity contribution in [3.63, 3.8) is 0 Å². The van der Waals surface area contributed by atoms with E-state index in [2.05, 4.69) is 48.4 Å². The van der Waals surface area contributed by atoms with E-state index in [1.807, 2.05) is 13.8 Å². The molecule has 0 heterocycles. The van der Waals surface area contributed by atoms with Crippen LogP contribution >= 0.6 is 25.3 Å². The highest BCUT2D eigenvalue weighted by Crippen LogP contribution is 2.04. The molecule has 0 rings (SSSR count). The summed E-state index contributed by atoms with van der Waals surface area (Å²) in [7, 11) is 0. The van der Waals surface area contributed by atoms with Crippen molar-refractivity contribution < 1.29 is 0 Å². The van der Waals surface area contributed by atoms with Gasteiger partial charge in [0.2, 0.25) is 0 Å². The van der Waals surface area contributed by atoms with Gasteiger partial charge in [-0.05, 0) is 23.7 Å². The number of thiol groups is 2. The third-order valence-corrected chi connectivity index (χ3v) is 2.10. The zero-order valence-corrected chi connectivity index (χ0v) is 11.8. The van der Waals surface area contributed by atoms with E-state index in [9.17, 15) is 0 Å².